The molecule has 0 aromatic heterocycles. The third kappa shape index (κ3) is 4.18. The lowest BCUT2D eigenvalue weighted by Crippen LogP contribution is -2.43. The van der Waals surface area contributed by atoms with Gasteiger partial charge in [0, 0.05) is 27.6 Å². The first-order chi connectivity index (χ1) is 15.1. The molecule has 172 valence electrons. The number of dihydropyridines is 1. The van der Waals surface area contributed by atoms with E-state index in [1.54, 1.807) is 20.8 Å². The number of ether oxygens (including phenoxy) is 2. The average Bonchev–Trinajstić information content (AvgIpc) is 2.72. The van der Waals surface area contributed by atoms with Gasteiger partial charge in [-0.15, -0.1) is 0 Å². The van der Waals surface area contributed by atoms with Crippen molar-refractivity contribution in [1.29, 1.82) is 0 Å². The van der Waals surface area contributed by atoms with Crippen LogP contribution in [0, 0.1) is 17.7 Å². The topological polar surface area (TPSA) is 81.7 Å². The van der Waals surface area contributed by atoms with Crippen LogP contribution in [0.5, 0.6) is 0 Å². The number of esters is 2. The molecule has 2 aliphatic rings. The lowest BCUT2D eigenvalue weighted by atomic mass is 9.69. The first kappa shape index (κ1) is 24.0. The monoisotopic (exact) mass is 463 g/mol. The molecule has 3 rings (SSSR count). The summed E-state index contributed by atoms with van der Waals surface area (Å²) in [7, 11) is 1.22. The molecule has 6 nitrogen and oxygen atoms in total. The highest BCUT2D eigenvalue weighted by Crippen LogP contribution is 2.47. The zero-order valence-electron chi connectivity index (χ0n) is 18.8. The molecule has 1 aliphatic carbocycles. The summed E-state index contributed by atoms with van der Waals surface area (Å²) in [5.41, 5.74) is 1.25. The molecule has 0 saturated carbocycles. The van der Waals surface area contributed by atoms with Crippen molar-refractivity contribution in [2.45, 2.75) is 52.6 Å². The fourth-order valence-electron chi connectivity index (χ4n) is 4.36. The Labute approximate surface area is 191 Å². The molecule has 1 heterocycles. The van der Waals surface area contributed by atoms with Crippen LogP contribution in [0.3, 0.4) is 0 Å². The molecule has 1 aromatic rings. The molecule has 32 heavy (non-hydrogen) atoms. The van der Waals surface area contributed by atoms with E-state index < -0.39 is 35.4 Å². The van der Waals surface area contributed by atoms with Crippen molar-refractivity contribution in [3.63, 3.8) is 0 Å². The molecule has 0 saturated heterocycles. The van der Waals surface area contributed by atoms with E-state index in [4.69, 9.17) is 21.1 Å². The number of allylic oxidation sites excluding steroid dienone is 3. The van der Waals surface area contributed by atoms with Crippen LogP contribution in [0.15, 0.2) is 40.7 Å². The highest BCUT2D eigenvalue weighted by atomic mass is 35.5. The van der Waals surface area contributed by atoms with Crippen LogP contribution in [0.1, 0.15) is 52.0 Å². The van der Waals surface area contributed by atoms with Crippen molar-refractivity contribution in [3.8, 4) is 0 Å². The number of rotatable bonds is 5. The average molecular weight is 464 g/mol. The minimum atomic E-state index is -1.11. The summed E-state index contributed by atoms with van der Waals surface area (Å²) < 4.78 is 25.5. The maximum absolute atomic E-state index is 15.1. The number of methoxy groups -OCH3 is 1. The lowest BCUT2D eigenvalue weighted by Gasteiger charge is -2.38. The van der Waals surface area contributed by atoms with Gasteiger partial charge in [-0.2, -0.15) is 0 Å². The van der Waals surface area contributed by atoms with E-state index in [0.29, 0.717) is 24.2 Å². The van der Waals surface area contributed by atoms with E-state index in [9.17, 15) is 14.4 Å². The second-order valence-electron chi connectivity index (χ2n) is 8.29. The third-order valence-electron chi connectivity index (χ3n) is 6.13. The molecule has 8 heteroatoms. The molecule has 0 fully saturated rings. The zero-order chi connectivity index (χ0) is 23.7. The van der Waals surface area contributed by atoms with Crippen molar-refractivity contribution in [3.05, 3.63) is 57.1 Å². The quantitative estimate of drug-likeness (QED) is 0.513. The number of carbonyl (C=O) groups is 3. The number of ketones is 1. The highest BCUT2D eigenvalue weighted by molar-refractivity contribution is 6.31. The summed E-state index contributed by atoms with van der Waals surface area (Å²) >= 11 is 6.39. The van der Waals surface area contributed by atoms with Gasteiger partial charge in [-0.3, -0.25) is 9.59 Å². The van der Waals surface area contributed by atoms with Crippen molar-refractivity contribution in [1.82, 2.24) is 5.32 Å². The maximum Gasteiger partial charge on any atom is 0.337 e. The molecule has 0 amide bonds. The predicted octanol–water partition coefficient (Wildman–Crippen LogP) is 4.43. The largest absolute Gasteiger partial charge is 0.468 e. The van der Waals surface area contributed by atoms with Gasteiger partial charge in [-0.25, -0.2) is 9.18 Å². The Balaban J connectivity index is 2.23. The maximum atomic E-state index is 15.1. The Morgan fingerprint density at radius 3 is 2.62 bits per heavy atom. The predicted molar refractivity (Wildman–Crippen MR) is 117 cm³/mol. The molecule has 1 aromatic carbocycles. The molecule has 0 spiro atoms. The fraction of sp³-hybridized carbons (Fsp3) is 0.458. The van der Waals surface area contributed by atoms with E-state index >= 15 is 4.39 Å². The molecule has 0 bridgehead atoms. The number of Topliss-reactive ketones (excluding diaryl/α,β-unsaturated/α-hetero) is 1. The highest BCUT2D eigenvalue weighted by Gasteiger charge is 2.48. The molecule has 0 radical (unpaired) electrons. The standard InChI is InChI=1S/C24H27ClFNO5/c1-6-12(3)32-24(30)18-13(4)27-16-10-11(2)17(23(29)31-5)22(28)20(16)21(18)19-14(25)8-7-9-15(19)26/h7-9,11-12,17,21,27H,6,10H2,1-5H3/t11-,12+,17-,21-/m0/s1. The minimum Gasteiger partial charge on any atom is -0.468 e. The normalized spacial score (nSPS) is 24.0. The number of benzene rings is 1. The van der Waals surface area contributed by atoms with Gasteiger partial charge in [0.1, 0.15) is 11.7 Å². The smallest absolute Gasteiger partial charge is 0.337 e. The van der Waals surface area contributed by atoms with Crippen LogP contribution in [-0.2, 0) is 23.9 Å². The van der Waals surface area contributed by atoms with Gasteiger partial charge >= 0.3 is 11.9 Å². The Bertz CT molecular complexity index is 1010. The fourth-order valence-corrected chi connectivity index (χ4v) is 4.63. The van der Waals surface area contributed by atoms with Crippen LogP contribution in [-0.4, -0.2) is 30.9 Å². The summed E-state index contributed by atoms with van der Waals surface area (Å²) in [5, 5.41) is 3.21. The second-order valence-corrected chi connectivity index (χ2v) is 8.70. The van der Waals surface area contributed by atoms with Crippen molar-refractivity contribution < 1.29 is 28.2 Å². The Kier molecular flexibility index (Phi) is 7.08. The van der Waals surface area contributed by atoms with E-state index in [0.717, 1.165) is 0 Å². The van der Waals surface area contributed by atoms with E-state index in [1.807, 2.05) is 6.92 Å². The van der Waals surface area contributed by atoms with Crippen molar-refractivity contribution in [2.75, 3.05) is 7.11 Å². The number of halogens is 2. The molecular weight excluding hydrogens is 437 g/mol. The van der Waals surface area contributed by atoms with Crippen LogP contribution in [0.25, 0.3) is 0 Å². The summed E-state index contributed by atoms with van der Waals surface area (Å²) in [6.45, 7) is 7.08. The Hall–Kier alpha value is -2.67. The van der Waals surface area contributed by atoms with Crippen molar-refractivity contribution in [2.24, 2.45) is 11.8 Å². The Morgan fingerprint density at radius 2 is 2.03 bits per heavy atom. The van der Waals surface area contributed by atoms with Crippen LogP contribution in [0.4, 0.5) is 4.39 Å². The summed E-state index contributed by atoms with van der Waals surface area (Å²) in [5.74, 6) is -4.99. The van der Waals surface area contributed by atoms with Gasteiger partial charge in [-0.05, 0) is 44.7 Å². The second kappa shape index (κ2) is 9.45. The van der Waals surface area contributed by atoms with Crippen LogP contribution in [0.2, 0.25) is 5.02 Å². The number of hydrogen-bond acceptors (Lipinski definition) is 6. The first-order valence-corrected chi connectivity index (χ1v) is 11.0. The first-order valence-electron chi connectivity index (χ1n) is 10.6. The summed E-state index contributed by atoms with van der Waals surface area (Å²) in [6, 6.07) is 4.18. The van der Waals surface area contributed by atoms with Crippen LogP contribution >= 0.6 is 11.6 Å². The zero-order valence-corrected chi connectivity index (χ0v) is 19.5. The molecule has 4 atom stereocenters. The summed E-state index contributed by atoms with van der Waals surface area (Å²) in [4.78, 5) is 39.2. The van der Waals surface area contributed by atoms with E-state index in [-0.39, 0.29) is 33.8 Å². The molecule has 0 unspecified atom stereocenters. The number of carbonyl (C=O) groups excluding carboxylic acids is 3. The van der Waals surface area contributed by atoms with Gasteiger partial charge in [-0.1, -0.05) is 31.5 Å². The van der Waals surface area contributed by atoms with Gasteiger partial charge in [0.15, 0.2) is 5.78 Å². The van der Waals surface area contributed by atoms with E-state index in [1.165, 1.54) is 25.3 Å². The SMILES string of the molecule is CC[C@@H](C)OC(=O)C1=C(C)NC2=C(C(=O)[C@@H](C(=O)OC)[C@@H](C)C2)[C@@H]1c1c(F)cccc1Cl. The van der Waals surface area contributed by atoms with Gasteiger partial charge in [0.25, 0.3) is 0 Å². The Morgan fingerprint density at radius 1 is 1.34 bits per heavy atom. The van der Waals surface area contributed by atoms with Crippen LogP contribution < -0.4 is 5.32 Å². The number of nitrogens with one attached hydrogen (secondary N) is 1. The van der Waals surface area contributed by atoms with Gasteiger partial charge in [0.2, 0.25) is 0 Å². The molecule has 1 N–H and O–H groups in total. The minimum absolute atomic E-state index is 0.00476. The summed E-state index contributed by atoms with van der Waals surface area (Å²) in [6.07, 6.45) is 0.569. The number of hydrogen-bond donors (Lipinski definition) is 1. The molecular formula is C24H27ClFNO5. The lowest BCUT2D eigenvalue weighted by molar-refractivity contribution is -0.151. The molecule has 1 aliphatic heterocycles. The van der Waals surface area contributed by atoms with Gasteiger partial charge in [0.05, 0.1) is 24.7 Å². The third-order valence-corrected chi connectivity index (χ3v) is 6.46. The van der Waals surface area contributed by atoms with Crippen molar-refractivity contribution >= 4 is 29.3 Å². The van der Waals surface area contributed by atoms with E-state index in [2.05, 4.69) is 5.32 Å². The van der Waals surface area contributed by atoms with Gasteiger partial charge < -0.3 is 14.8 Å².